The monoisotopic (exact) mass is 542 g/mol. The van der Waals surface area contributed by atoms with Gasteiger partial charge in [0.1, 0.15) is 30.5 Å². The molecule has 1 aliphatic heterocycles. The number of aliphatic hydroxyl groups is 7. The van der Waals surface area contributed by atoms with E-state index in [2.05, 4.69) is 0 Å². The van der Waals surface area contributed by atoms with Crippen molar-refractivity contribution in [1.29, 1.82) is 0 Å². The molecule has 9 N–H and O–H groups in total. The average Bonchev–Trinajstić information content (AvgIpc) is 2.91. The molecule has 1 aliphatic rings. The first-order valence-electron chi connectivity index (χ1n) is 11.9. The van der Waals surface area contributed by atoms with Gasteiger partial charge in [-0.1, -0.05) is 6.07 Å². The molecule has 0 radical (unpaired) electrons. The fraction of sp³-hybridized carbons (Fsp3) is 0.520. The van der Waals surface area contributed by atoms with Crippen LogP contribution in [0, 0.1) is 0 Å². The summed E-state index contributed by atoms with van der Waals surface area (Å²) in [6.45, 7) is -1.54. The highest BCUT2D eigenvalue weighted by atomic mass is 16.7. The highest BCUT2D eigenvalue weighted by molar-refractivity contribution is 5.53. The molecule has 0 spiro atoms. The standard InChI is InChI=1S/C25H34O13/c1-35-16-9-13(4-5-14(16)29)20(31)18(10-27)36-24-15(30)7-12(3-2-6-26)8-17(24)37-25-23(34)22(33)21(32)19(11-28)38-25/h4-5,7-9,18-23,25-34H,2-3,6,10-11H2,1H3/t18-,19+,20+,21+,22-,23+,25+/m0/s1. The molecule has 3 rings (SSSR count). The Labute approximate surface area is 218 Å². The zero-order valence-corrected chi connectivity index (χ0v) is 20.6. The molecule has 0 bridgehead atoms. The SMILES string of the molecule is COc1cc([C@@H](O)[C@H](CO)Oc2c(O)cc(CCCO)cc2O[C@@H]2O[C@H](CO)[C@@H](O)[C@H](O)[C@H]2O)ccc1O. The molecule has 1 fully saturated rings. The Balaban J connectivity index is 1.95. The maximum absolute atomic E-state index is 10.9. The van der Waals surface area contributed by atoms with E-state index in [1.54, 1.807) is 0 Å². The zero-order chi connectivity index (χ0) is 28.0. The summed E-state index contributed by atoms with van der Waals surface area (Å²) in [6, 6.07) is 6.76. The van der Waals surface area contributed by atoms with E-state index in [-0.39, 0.29) is 35.2 Å². The highest BCUT2D eigenvalue weighted by Gasteiger charge is 2.45. The summed E-state index contributed by atoms with van der Waals surface area (Å²) in [4.78, 5) is 0. The quantitative estimate of drug-likeness (QED) is 0.152. The number of rotatable bonds is 12. The van der Waals surface area contributed by atoms with E-state index in [0.717, 1.165) is 0 Å². The van der Waals surface area contributed by atoms with Crippen LogP contribution in [0.15, 0.2) is 30.3 Å². The number of phenols is 2. The van der Waals surface area contributed by atoms with Crippen LogP contribution in [-0.4, -0.2) is 110 Å². The first-order chi connectivity index (χ1) is 18.1. The van der Waals surface area contributed by atoms with Crippen molar-refractivity contribution in [3.63, 3.8) is 0 Å². The predicted octanol–water partition coefficient (Wildman–Crippen LogP) is -1.32. The summed E-state index contributed by atoms with van der Waals surface area (Å²) in [5, 5.41) is 90.6. The molecule has 0 aliphatic carbocycles. The molecule has 1 heterocycles. The Morgan fingerprint density at radius 3 is 2.29 bits per heavy atom. The van der Waals surface area contributed by atoms with Crippen LogP contribution in [0.3, 0.4) is 0 Å². The van der Waals surface area contributed by atoms with Crippen molar-refractivity contribution in [1.82, 2.24) is 0 Å². The van der Waals surface area contributed by atoms with E-state index in [9.17, 15) is 46.0 Å². The van der Waals surface area contributed by atoms with Crippen LogP contribution in [0.2, 0.25) is 0 Å². The second-order valence-electron chi connectivity index (χ2n) is 8.80. The summed E-state index contributed by atoms with van der Waals surface area (Å²) in [7, 11) is 1.32. The maximum atomic E-state index is 10.9. The minimum Gasteiger partial charge on any atom is -0.504 e. The number of hydrogen-bond acceptors (Lipinski definition) is 13. The van der Waals surface area contributed by atoms with Gasteiger partial charge in [-0.25, -0.2) is 0 Å². The van der Waals surface area contributed by atoms with E-state index >= 15 is 0 Å². The van der Waals surface area contributed by atoms with Crippen molar-refractivity contribution in [3.8, 4) is 28.7 Å². The molecular formula is C25H34O13. The number of ether oxygens (including phenoxy) is 4. The summed E-state index contributed by atoms with van der Waals surface area (Å²) >= 11 is 0. The van der Waals surface area contributed by atoms with Crippen LogP contribution >= 0.6 is 0 Å². The van der Waals surface area contributed by atoms with Crippen molar-refractivity contribution >= 4 is 0 Å². The van der Waals surface area contributed by atoms with E-state index in [1.165, 1.54) is 37.4 Å². The smallest absolute Gasteiger partial charge is 0.229 e. The fourth-order valence-corrected chi connectivity index (χ4v) is 4.01. The van der Waals surface area contributed by atoms with Crippen molar-refractivity contribution in [2.24, 2.45) is 0 Å². The molecule has 13 nitrogen and oxygen atoms in total. The van der Waals surface area contributed by atoms with Gasteiger partial charge in [0.15, 0.2) is 29.1 Å². The molecule has 0 saturated carbocycles. The number of aliphatic hydroxyl groups excluding tert-OH is 7. The lowest BCUT2D eigenvalue weighted by molar-refractivity contribution is -0.277. The number of phenolic OH excluding ortho intramolecular Hbond substituents is 2. The van der Waals surface area contributed by atoms with Crippen LogP contribution in [0.1, 0.15) is 23.7 Å². The molecular weight excluding hydrogens is 508 g/mol. The molecule has 7 atom stereocenters. The van der Waals surface area contributed by atoms with Gasteiger partial charge in [-0.3, -0.25) is 0 Å². The Hall–Kier alpha value is -2.88. The van der Waals surface area contributed by atoms with Crippen LogP contribution < -0.4 is 14.2 Å². The van der Waals surface area contributed by atoms with Gasteiger partial charge in [0.25, 0.3) is 0 Å². The summed E-state index contributed by atoms with van der Waals surface area (Å²) < 4.78 is 21.9. The normalized spacial score (nSPS) is 25.0. The second kappa shape index (κ2) is 13.3. The van der Waals surface area contributed by atoms with Crippen molar-refractivity contribution < 1.29 is 64.9 Å². The van der Waals surface area contributed by atoms with Crippen molar-refractivity contribution in [3.05, 3.63) is 41.5 Å². The zero-order valence-electron chi connectivity index (χ0n) is 20.6. The van der Waals surface area contributed by atoms with Gasteiger partial charge in [0, 0.05) is 6.61 Å². The Bertz CT molecular complexity index is 1050. The number of aryl methyl sites for hydroxylation is 1. The Kier molecular flexibility index (Phi) is 10.4. The third-order valence-corrected chi connectivity index (χ3v) is 6.16. The Morgan fingerprint density at radius 2 is 1.66 bits per heavy atom. The minimum absolute atomic E-state index is 0.0703. The number of methoxy groups -OCH3 is 1. The molecule has 0 amide bonds. The molecule has 0 unspecified atom stereocenters. The van der Waals surface area contributed by atoms with E-state index in [4.69, 9.17) is 18.9 Å². The summed E-state index contributed by atoms with van der Waals surface area (Å²) in [5.41, 5.74) is 0.710. The lowest BCUT2D eigenvalue weighted by Crippen LogP contribution is -2.60. The van der Waals surface area contributed by atoms with Crippen LogP contribution in [0.25, 0.3) is 0 Å². The maximum Gasteiger partial charge on any atom is 0.229 e. The molecule has 212 valence electrons. The van der Waals surface area contributed by atoms with E-state index in [1.807, 2.05) is 0 Å². The van der Waals surface area contributed by atoms with Gasteiger partial charge >= 0.3 is 0 Å². The third kappa shape index (κ3) is 6.57. The molecule has 38 heavy (non-hydrogen) atoms. The Morgan fingerprint density at radius 1 is 0.921 bits per heavy atom. The predicted molar refractivity (Wildman–Crippen MR) is 129 cm³/mol. The van der Waals surface area contributed by atoms with Crippen molar-refractivity contribution in [2.45, 2.75) is 55.8 Å². The number of benzene rings is 2. The first kappa shape index (κ1) is 29.7. The van der Waals surface area contributed by atoms with Gasteiger partial charge in [-0.2, -0.15) is 0 Å². The van der Waals surface area contributed by atoms with Crippen LogP contribution in [0.5, 0.6) is 28.7 Å². The molecule has 1 saturated heterocycles. The topological polar surface area (TPSA) is 219 Å². The lowest BCUT2D eigenvalue weighted by Gasteiger charge is -2.39. The molecule has 13 heteroatoms. The van der Waals surface area contributed by atoms with Gasteiger partial charge in [0.05, 0.1) is 20.3 Å². The summed E-state index contributed by atoms with van der Waals surface area (Å²) in [6.07, 6.45) is -10.1. The molecule has 2 aromatic carbocycles. The van der Waals surface area contributed by atoms with Gasteiger partial charge in [0.2, 0.25) is 12.0 Å². The molecule has 0 aromatic heterocycles. The fourth-order valence-electron chi connectivity index (χ4n) is 4.01. The van der Waals surface area contributed by atoms with E-state index in [0.29, 0.717) is 18.4 Å². The number of hydrogen-bond donors (Lipinski definition) is 9. The third-order valence-electron chi connectivity index (χ3n) is 6.16. The summed E-state index contributed by atoms with van der Waals surface area (Å²) in [5.74, 6) is -1.12. The van der Waals surface area contributed by atoms with Gasteiger partial charge in [-0.15, -0.1) is 0 Å². The number of aromatic hydroxyl groups is 2. The van der Waals surface area contributed by atoms with E-state index < -0.39 is 61.9 Å². The van der Waals surface area contributed by atoms with Gasteiger partial charge < -0.3 is 64.9 Å². The molecule has 2 aromatic rings. The average molecular weight is 543 g/mol. The largest absolute Gasteiger partial charge is 0.504 e. The minimum atomic E-state index is -1.76. The van der Waals surface area contributed by atoms with Gasteiger partial charge in [-0.05, 0) is 48.2 Å². The second-order valence-corrected chi connectivity index (χ2v) is 8.80. The van der Waals surface area contributed by atoms with Crippen molar-refractivity contribution in [2.75, 3.05) is 26.9 Å². The lowest BCUT2D eigenvalue weighted by atomic mass is 9.99. The van der Waals surface area contributed by atoms with Crippen LogP contribution in [0.4, 0.5) is 0 Å². The van der Waals surface area contributed by atoms with Crippen LogP contribution in [-0.2, 0) is 11.2 Å². The highest BCUT2D eigenvalue weighted by Crippen LogP contribution is 2.42. The first-order valence-corrected chi connectivity index (χ1v) is 11.9.